The van der Waals surface area contributed by atoms with E-state index < -0.39 is 30.1 Å². The zero-order valence-corrected chi connectivity index (χ0v) is 22.8. The Balaban J connectivity index is 1.26. The number of aromatic nitrogens is 1. The van der Waals surface area contributed by atoms with E-state index in [4.69, 9.17) is 14.2 Å². The number of rotatable bonds is 10. The largest absolute Gasteiger partial charge is 0.493 e. The first-order chi connectivity index (χ1) is 18.7. The van der Waals surface area contributed by atoms with Gasteiger partial charge in [0.2, 0.25) is 0 Å². The minimum absolute atomic E-state index is 0.0497. The fourth-order valence-corrected chi connectivity index (χ4v) is 5.57. The zero-order valence-electron chi connectivity index (χ0n) is 22.8. The van der Waals surface area contributed by atoms with Crippen LogP contribution in [-0.2, 0) is 4.79 Å². The molecule has 0 bridgehead atoms. The van der Waals surface area contributed by atoms with Crippen LogP contribution in [0.2, 0.25) is 0 Å². The molecule has 0 radical (unpaired) electrons. The Kier molecular flexibility index (Phi) is 7.89. The smallest absolute Gasteiger partial charge is 0.253 e. The first kappa shape index (κ1) is 27.5. The molecule has 2 saturated heterocycles. The van der Waals surface area contributed by atoms with Gasteiger partial charge in [0.05, 0.1) is 45.2 Å². The van der Waals surface area contributed by atoms with Crippen LogP contribution in [0, 0.1) is 5.41 Å². The molecule has 2 aromatic rings. The Morgan fingerprint density at radius 3 is 2.46 bits per heavy atom. The number of pyridine rings is 1. The number of anilines is 1. The molecule has 2 unspecified atom stereocenters. The Bertz CT molecular complexity index is 1150. The monoisotopic (exact) mass is 541 g/mol. The van der Waals surface area contributed by atoms with Crippen molar-refractivity contribution in [2.24, 2.45) is 5.41 Å². The van der Waals surface area contributed by atoms with Crippen LogP contribution in [0.3, 0.4) is 0 Å². The van der Waals surface area contributed by atoms with Gasteiger partial charge in [-0.3, -0.25) is 4.79 Å². The van der Waals surface area contributed by atoms with Crippen LogP contribution in [0.25, 0.3) is 0 Å². The highest BCUT2D eigenvalue weighted by molar-refractivity contribution is 5.81. The minimum atomic E-state index is -1.47. The molecule has 5 rings (SSSR count). The number of aliphatic hydroxyl groups excluding tert-OH is 3. The summed E-state index contributed by atoms with van der Waals surface area (Å²) in [5.74, 6) is 2.15. The fraction of sp³-hybridized carbons (Fsp3) is 0.586. The fourth-order valence-electron chi connectivity index (χ4n) is 5.57. The highest BCUT2D eigenvalue weighted by Crippen LogP contribution is 2.47. The van der Waals surface area contributed by atoms with E-state index in [-0.39, 0.29) is 18.6 Å². The normalized spacial score (nSPS) is 25.0. The van der Waals surface area contributed by atoms with Crippen molar-refractivity contribution in [2.45, 2.75) is 63.4 Å². The van der Waals surface area contributed by atoms with E-state index in [9.17, 15) is 20.1 Å². The lowest BCUT2D eigenvalue weighted by Crippen LogP contribution is -2.54. The third kappa shape index (κ3) is 5.50. The van der Waals surface area contributed by atoms with Crippen LogP contribution in [-0.4, -0.2) is 95.4 Å². The number of carbonyl (C=O) groups is 1. The Hall–Kier alpha value is -3.08. The van der Waals surface area contributed by atoms with E-state index in [1.165, 1.54) is 11.3 Å². The molecular formula is C29H39N3O7. The number of ether oxygens (including phenoxy) is 3. The van der Waals surface area contributed by atoms with Crippen molar-refractivity contribution in [3.8, 4) is 17.2 Å². The number of methoxy groups -OCH3 is 1. The highest BCUT2D eigenvalue weighted by Gasteiger charge is 2.49. The molecule has 4 atom stereocenters. The number of hydrogen-bond donors (Lipinski definition) is 3. The van der Waals surface area contributed by atoms with Gasteiger partial charge >= 0.3 is 0 Å². The van der Waals surface area contributed by atoms with Gasteiger partial charge in [-0.1, -0.05) is 13.0 Å². The van der Waals surface area contributed by atoms with Crippen LogP contribution in [0.1, 0.15) is 44.6 Å². The summed E-state index contributed by atoms with van der Waals surface area (Å²) in [4.78, 5) is 20.8. The summed E-state index contributed by atoms with van der Waals surface area (Å²) in [7, 11) is 1.60. The molecule has 2 aliphatic heterocycles. The molecular weight excluding hydrogens is 502 g/mol. The second-order valence-electron chi connectivity index (χ2n) is 11.2. The highest BCUT2D eigenvalue weighted by atomic mass is 16.5. The average molecular weight is 542 g/mol. The second kappa shape index (κ2) is 11.2. The lowest BCUT2D eigenvalue weighted by molar-refractivity contribution is -0.141. The maximum absolute atomic E-state index is 12.6. The molecule has 3 heterocycles. The third-order valence-electron chi connectivity index (χ3n) is 8.59. The number of benzene rings is 1. The third-order valence-corrected chi connectivity index (χ3v) is 8.59. The minimum Gasteiger partial charge on any atom is -0.493 e. The molecule has 1 aromatic heterocycles. The van der Waals surface area contributed by atoms with Gasteiger partial charge in [0.1, 0.15) is 17.7 Å². The van der Waals surface area contributed by atoms with Crippen LogP contribution in [0.4, 0.5) is 5.82 Å². The van der Waals surface area contributed by atoms with E-state index in [0.29, 0.717) is 37.2 Å². The number of likely N-dealkylation sites (tertiary alicyclic amines) is 1. The molecule has 10 heteroatoms. The molecule has 10 nitrogen and oxygen atoms in total. The average Bonchev–Trinajstić information content (AvgIpc) is 3.26. The Morgan fingerprint density at radius 2 is 1.87 bits per heavy atom. The van der Waals surface area contributed by atoms with Crippen LogP contribution in [0.15, 0.2) is 36.5 Å². The summed E-state index contributed by atoms with van der Waals surface area (Å²) in [6, 6.07) is 9.64. The first-order valence-corrected chi connectivity index (χ1v) is 13.7. The SMILES string of the molecule is COc1ccc([C@@H]2CN(C(=O)C(O)CO)C[C@@]2(C)C(C)O)cc1OC1CN(c2ccc(OC3CCC3)cn2)C1. The lowest BCUT2D eigenvalue weighted by Gasteiger charge is -2.40. The van der Waals surface area contributed by atoms with E-state index in [1.807, 2.05) is 37.3 Å². The molecule has 1 saturated carbocycles. The maximum Gasteiger partial charge on any atom is 0.253 e. The Labute approximate surface area is 229 Å². The van der Waals surface area contributed by atoms with E-state index >= 15 is 0 Å². The molecule has 0 spiro atoms. The van der Waals surface area contributed by atoms with Gasteiger partial charge in [-0.05, 0) is 56.0 Å². The maximum atomic E-state index is 12.6. The van der Waals surface area contributed by atoms with Crippen molar-refractivity contribution in [2.75, 3.05) is 44.8 Å². The van der Waals surface area contributed by atoms with Crippen LogP contribution >= 0.6 is 0 Å². The standard InChI is InChI=1S/C29H39N3O7/c1-18(34)29(2)17-32(28(36)24(35)16-33)15-23(29)19-7-9-25(37-3)26(11-19)39-22-13-31(14-22)27-10-8-21(12-30-27)38-20-5-4-6-20/h7-12,18,20,22-24,33-35H,4-6,13-17H2,1-3H3/t18?,23-,24?,29-/m0/s1. The predicted octanol–water partition coefficient (Wildman–Crippen LogP) is 1.96. The molecule has 1 aromatic carbocycles. The van der Waals surface area contributed by atoms with E-state index in [2.05, 4.69) is 9.88 Å². The van der Waals surface area contributed by atoms with Gasteiger partial charge in [-0.15, -0.1) is 0 Å². The summed E-state index contributed by atoms with van der Waals surface area (Å²) in [6.07, 6.45) is 3.32. The summed E-state index contributed by atoms with van der Waals surface area (Å²) in [6.45, 7) is 4.95. The molecule has 1 amide bonds. The van der Waals surface area contributed by atoms with Gasteiger partial charge in [-0.25, -0.2) is 4.98 Å². The first-order valence-electron chi connectivity index (χ1n) is 13.7. The Morgan fingerprint density at radius 1 is 1.10 bits per heavy atom. The molecule has 212 valence electrons. The number of nitrogens with zero attached hydrogens (tertiary/aromatic N) is 3. The lowest BCUT2D eigenvalue weighted by atomic mass is 9.72. The van der Waals surface area contributed by atoms with Crippen molar-refractivity contribution in [1.29, 1.82) is 0 Å². The van der Waals surface area contributed by atoms with Crippen molar-refractivity contribution < 1.29 is 34.3 Å². The molecule has 39 heavy (non-hydrogen) atoms. The number of aliphatic hydroxyl groups is 3. The van der Waals surface area contributed by atoms with Gasteiger partial charge in [0.15, 0.2) is 17.6 Å². The van der Waals surface area contributed by atoms with Crippen molar-refractivity contribution >= 4 is 11.7 Å². The topological polar surface area (TPSA) is 125 Å². The second-order valence-corrected chi connectivity index (χ2v) is 11.2. The van der Waals surface area contributed by atoms with Crippen LogP contribution < -0.4 is 19.1 Å². The number of hydrogen-bond acceptors (Lipinski definition) is 9. The summed E-state index contributed by atoms with van der Waals surface area (Å²) in [5.41, 5.74) is 0.257. The molecule has 1 aliphatic carbocycles. The van der Waals surface area contributed by atoms with Crippen molar-refractivity contribution in [1.82, 2.24) is 9.88 Å². The van der Waals surface area contributed by atoms with E-state index in [0.717, 1.165) is 30.0 Å². The molecule has 3 N–H and O–H groups in total. The summed E-state index contributed by atoms with van der Waals surface area (Å²) >= 11 is 0. The van der Waals surface area contributed by atoms with Crippen LogP contribution in [0.5, 0.6) is 17.2 Å². The predicted molar refractivity (Wildman–Crippen MR) is 144 cm³/mol. The zero-order chi connectivity index (χ0) is 27.7. The molecule has 3 aliphatic rings. The van der Waals surface area contributed by atoms with Gasteiger partial charge in [0.25, 0.3) is 5.91 Å². The van der Waals surface area contributed by atoms with Gasteiger partial charge in [-0.2, -0.15) is 0 Å². The summed E-state index contributed by atoms with van der Waals surface area (Å²) < 4.78 is 17.8. The summed E-state index contributed by atoms with van der Waals surface area (Å²) in [5, 5.41) is 29.8. The molecule has 3 fully saturated rings. The number of amides is 1. The van der Waals surface area contributed by atoms with E-state index in [1.54, 1.807) is 20.2 Å². The van der Waals surface area contributed by atoms with Crippen molar-refractivity contribution in [3.63, 3.8) is 0 Å². The van der Waals surface area contributed by atoms with Crippen molar-refractivity contribution in [3.05, 3.63) is 42.1 Å². The number of carbonyl (C=O) groups excluding carboxylic acids is 1. The van der Waals surface area contributed by atoms with Gasteiger partial charge < -0.3 is 39.3 Å². The van der Waals surface area contributed by atoms with Gasteiger partial charge in [0, 0.05) is 24.4 Å². The quantitative estimate of drug-likeness (QED) is 0.414.